The minimum absolute atomic E-state index is 0.490. The Morgan fingerprint density at radius 1 is 1.20 bits per heavy atom. The van der Waals surface area contributed by atoms with E-state index in [1.165, 1.54) is 41.8 Å². The lowest BCUT2D eigenvalue weighted by Gasteiger charge is -2.25. The SMILES string of the molecule is CCc1cccc(NC(c2cccs2)C2CCCC2)c1. The minimum Gasteiger partial charge on any atom is -0.377 e. The summed E-state index contributed by atoms with van der Waals surface area (Å²) in [5.74, 6) is 0.791. The van der Waals surface area contributed by atoms with Crippen molar-refractivity contribution in [2.45, 2.75) is 45.1 Å². The van der Waals surface area contributed by atoms with Crippen LogP contribution in [0.5, 0.6) is 0 Å². The molecule has 1 fully saturated rings. The van der Waals surface area contributed by atoms with Gasteiger partial charge >= 0.3 is 0 Å². The Balaban J connectivity index is 1.82. The fourth-order valence-electron chi connectivity index (χ4n) is 3.24. The van der Waals surface area contributed by atoms with Crippen LogP contribution in [0.2, 0.25) is 0 Å². The first-order valence-corrected chi connectivity index (χ1v) is 8.63. The summed E-state index contributed by atoms with van der Waals surface area (Å²) in [6.45, 7) is 2.22. The molecule has 20 heavy (non-hydrogen) atoms. The number of rotatable bonds is 5. The van der Waals surface area contributed by atoms with Crippen molar-refractivity contribution >= 4 is 17.0 Å². The second-order valence-corrected chi connectivity index (χ2v) is 6.72. The highest BCUT2D eigenvalue weighted by Gasteiger charge is 2.26. The average molecular weight is 285 g/mol. The van der Waals surface area contributed by atoms with Gasteiger partial charge in [0.25, 0.3) is 0 Å². The maximum Gasteiger partial charge on any atom is 0.0634 e. The molecule has 1 aromatic heterocycles. The quantitative estimate of drug-likeness (QED) is 0.748. The Bertz CT molecular complexity index is 526. The minimum atomic E-state index is 0.490. The Hall–Kier alpha value is -1.28. The van der Waals surface area contributed by atoms with Crippen molar-refractivity contribution in [3.05, 3.63) is 52.2 Å². The number of hydrogen-bond donors (Lipinski definition) is 1. The van der Waals surface area contributed by atoms with E-state index in [-0.39, 0.29) is 0 Å². The van der Waals surface area contributed by atoms with E-state index >= 15 is 0 Å². The zero-order valence-electron chi connectivity index (χ0n) is 12.1. The third kappa shape index (κ3) is 3.06. The van der Waals surface area contributed by atoms with Gasteiger partial charge in [0.05, 0.1) is 6.04 Å². The highest BCUT2D eigenvalue weighted by Crippen LogP contribution is 2.39. The van der Waals surface area contributed by atoms with Crippen molar-refractivity contribution in [2.24, 2.45) is 5.92 Å². The third-order valence-corrected chi connectivity index (χ3v) is 5.33. The Morgan fingerprint density at radius 2 is 2.05 bits per heavy atom. The van der Waals surface area contributed by atoms with Gasteiger partial charge < -0.3 is 5.32 Å². The number of nitrogens with one attached hydrogen (secondary N) is 1. The van der Waals surface area contributed by atoms with Crippen molar-refractivity contribution in [3.63, 3.8) is 0 Å². The van der Waals surface area contributed by atoms with Crippen LogP contribution in [0.1, 0.15) is 49.1 Å². The van der Waals surface area contributed by atoms with Crippen LogP contribution in [0.15, 0.2) is 41.8 Å². The molecule has 2 aromatic rings. The van der Waals surface area contributed by atoms with E-state index in [0.717, 1.165) is 12.3 Å². The van der Waals surface area contributed by atoms with Crippen molar-refractivity contribution in [3.8, 4) is 0 Å². The standard InChI is InChI=1S/C18H23NS/c1-2-14-7-5-10-16(13-14)19-18(15-8-3-4-9-15)17-11-6-12-20-17/h5-7,10-13,15,18-19H,2-4,8-9H2,1H3. The normalized spacial score (nSPS) is 17.2. The van der Waals surface area contributed by atoms with Crippen LogP contribution >= 0.6 is 11.3 Å². The molecule has 0 bridgehead atoms. The monoisotopic (exact) mass is 285 g/mol. The molecular weight excluding hydrogens is 262 g/mol. The van der Waals surface area contributed by atoms with Crippen LogP contribution in [0.4, 0.5) is 5.69 Å². The van der Waals surface area contributed by atoms with Gasteiger partial charge in [-0.25, -0.2) is 0 Å². The average Bonchev–Trinajstić information content (AvgIpc) is 3.18. The van der Waals surface area contributed by atoms with Crippen LogP contribution in [-0.4, -0.2) is 0 Å². The molecule has 1 aliphatic carbocycles. The highest BCUT2D eigenvalue weighted by atomic mass is 32.1. The molecule has 1 N–H and O–H groups in total. The molecule has 0 aliphatic heterocycles. The topological polar surface area (TPSA) is 12.0 Å². The summed E-state index contributed by atoms with van der Waals surface area (Å²) in [7, 11) is 0. The maximum atomic E-state index is 3.81. The molecule has 3 rings (SSSR count). The molecular formula is C18H23NS. The van der Waals surface area contributed by atoms with E-state index in [2.05, 4.69) is 54.0 Å². The van der Waals surface area contributed by atoms with Gasteiger partial charge in [-0.15, -0.1) is 11.3 Å². The molecule has 106 valence electrons. The number of benzene rings is 1. The molecule has 1 saturated carbocycles. The number of anilines is 1. The number of aryl methyl sites for hydroxylation is 1. The summed E-state index contributed by atoms with van der Waals surface area (Å²) in [6.07, 6.45) is 6.61. The largest absolute Gasteiger partial charge is 0.377 e. The van der Waals surface area contributed by atoms with Crippen LogP contribution in [-0.2, 0) is 6.42 Å². The molecule has 0 radical (unpaired) electrons. The molecule has 0 spiro atoms. The molecule has 2 heteroatoms. The van der Waals surface area contributed by atoms with E-state index in [4.69, 9.17) is 0 Å². The first kappa shape index (κ1) is 13.7. The van der Waals surface area contributed by atoms with Gasteiger partial charge in [0.1, 0.15) is 0 Å². The number of thiophene rings is 1. The van der Waals surface area contributed by atoms with Gasteiger partial charge in [-0.1, -0.05) is 38.0 Å². The number of hydrogen-bond acceptors (Lipinski definition) is 2. The van der Waals surface area contributed by atoms with Gasteiger partial charge in [-0.2, -0.15) is 0 Å². The van der Waals surface area contributed by atoms with E-state index in [0.29, 0.717) is 6.04 Å². The summed E-state index contributed by atoms with van der Waals surface area (Å²) in [5.41, 5.74) is 2.68. The molecule has 1 atom stereocenters. The van der Waals surface area contributed by atoms with Gasteiger partial charge in [-0.05, 0) is 54.3 Å². The Labute approximate surface area is 126 Å². The predicted octanol–water partition coefficient (Wildman–Crippen LogP) is 5.65. The van der Waals surface area contributed by atoms with Crippen LogP contribution in [0, 0.1) is 5.92 Å². The fourth-order valence-corrected chi connectivity index (χ4v) is 4.11. The zero-order chi connectivity index (χ0) is 13.8. The molecule has 0 saturated heterocycles. The highest BCUT2D eigenvalue weighted by molar-refractivity contribution is 7.10. The van der Waals surface area contributed by atoms with E-state index in [9.17, 15) is 0 Å². The van der Waals surface area contributed by atoms with E-state index < -0.39 is 0 Å². The van der Waals surface area contributed by atoms with Crippen molar-refractivity contribution in [2.75, 3.05) is 5.32 Å². The third-order valence-electron chi connectivity index (χ3n) is 4.38. The van der Waals surface area contributed by atoms with Crippen LogP contribution < -0.4 is 5.32 Å². The first-order valence-electron chi connectivity index (χ1n) is 7.75. The van der Waals surface area contributed by atoms with Crippen molar-refractivity contribution in [1.82, 2.24) is 0 Å². The summed E-state index contributed by atoms with van der Waals surface area (Å²) in [6, 6.07) is 13.8. The second kappa shape index (κ2) is 6.45. The Kier molecular flexibility index (Phi) is 4.41. The van der Waals surface area contributed by atoms with Crippen LogP contribution in [0.25, 0.3) is 0 Å². The molecule has 1 heterocycles. The molecule has 1 aromatic carbocycles. The molecule has 1 unspecified atom stereocenters. The van der Waals surface area contributed by atoms with Gasteiger partial charge in [-0.3, -0.25) is 0 Å². The van der Waals surface area contributed by atoms with Gasteiger partial charge in [0, 0.05) is 10.6 Å². The van der Waals surface area contributed by atoms with Crippen LogP contribution in [0.3, 0.4) is 0 Å². The lowest BCUT2D eigenvalue weighted by molar-refractivity contribution is 0.475. The Morgan fingerprint density at radius 3 is 2.75 bits per heavy atom. The second-order valence-electron chi connectivity index (χ2n) is 5.74. The van der Waals surface area contributed by atoms with Gasteiger partial charge in [0.15, 0.2) is 0 Å². The summed E-state index contributed by atoms with van der Waals surface area (Å²) in [5, 5.41) is 6.00. The van der Waals surface area contributed by atoms with Crippen molar-refractivity contribution < 1.29 is 0 Å². The first-order chi connectivity index (χ1) is 9.86. The summed E-state index contributed by atoms with van der Waals surface area (Å²) < 4.78 is 0. The lowest BCUT2D eigenvalue weighted by Crippen LogP contribution is -2.18. The maximum absolute atomic E-state index is 3.81. The smallest absolute Gasteiger partial charge is 0.0634 e. The lowest BCUT2D eigenvalue weighted by atomic mass is 9.96. The zero-order valence-corrected chi connectivity index (χ0v) is 13.0. The summed E-state index contributed by atoms with van der Waals surface area (Å²) >= 11 is 1.88. The van der Waals surface area contributed by atoms with E-state index in [1.807, 2.05) is 11.3 Å². The molecule has 1 aliphatic rings. The predicted molar refractivity (Wildman–Crippen MR) is 88.5 cm³/mol. The van der Waals surface area contributed by atoms with E-state index in [1.54, 1.807) is 0 Å². The fraction of sp³-hybridized carbons (Fsp3) is 0.444. The van der Waals surface area contributed by atoms with Gasteiger partial charge in [0.2, 0.25) is 0 Å². The summed E-state index contributed by atoms with van der Waals surface area (Å²) in [4.78, 5) is 1.49. The van der Waals surface area contributed by atoms with Crippen molar-refractivity contribution in [1.29, 1.82) is 0 Å². The molecule has 1 nitrogen and oxygen atoms in total. The molecule has 0 amide bonds.